The summed E-state index contributed by atoms with van der Waals surface area (Å²) >= 11 is 17.6. The summed E-state index contributed by atoms with van der Waals surface area (Å²) in [4.78, 5) is 15.6. The monoisotopic (exact) mass is 341 g/mol. The summed E-state index contributed by atoms with van der Waals surface area (Å²) in [7, 11) is 0. The van der Waals surface area contributed by atoms with Crippen molar-refractivity contribution in [1.82, 2.24) is 4.98 Å². The average Bonchev–Trinajstić information content (AvgIpc) is 2.41. The summed E-state index contributed by atoms with van der Waals surface area (Å²) in [6.45, 7) is 0. The minimum Gasteiger partial charge on any atom is -0.410 e. The minimum atomic E-state index is -0.479. The van der Waals surface area contributed by atoms with E-state index in [2.05, 4.69) is 4.98 Å². The van der Waals surface area contributed by atoms with E-state index in [1.54, 1.807) is 18.2 Å². The van der Waals surface area contributed by atoms with Crippen molar-refractivity contribution in [2.45, 2.75) is 0 Å². The SMILES string of the molecule is O=c1nc(Oc2ccc(Cl)cc2Cl)oc2cc(Cl)ccc12. The molecule has 106 valence electrons. The Hall–Kier alpha value is -1.75. The second-order valence-corrected chi connectivity index (χ2v) is 5.38. The fourth-order valence-electron chi connectivity index (χ4n) is 1.71. The fraction of sp³-hybridized carbons (Fsp3) is 0. The summed E-state index contributed by atoms with van der Waals surface area (Å²) < 4.78 is 10.8. The summed E-state index contributed by atoms with van der Waals surface area (Å²) in [5.74, 6) is 0.276. The lowest BCUT2D eigenvalue weighted by molar-refractivity contribution is 0.330. The van der Waals surface area contributed by atoms with Crippen molar-refractivity contribution in [3.05, 3.63) is 61.8 Å². The summed E-state index contributed by atoms with van der Waals surface area (Å²) in [5, 5.41) is 1.49. The van der Waals surface area contributed by atoms with Crippen LogP contribution in [0.4, 0.5) is 0 Å². The van der Waals surface area contributed by atoms with Crippen molar-refractivity contribution in [2.75, 3.05) is 0 Å². The van der Waals surface area contributed by atoms with E-state index in [4.69, 9.17) is 44.0 Å². The second-order valence-electron chi connectivity index (χ2n) is 4.10. The van der Waals surface area contributed by atoms with Crippen LogP contribution in [0, 0.1) is 0 Å². The van der Waals surface area contributed by atoms with Gasteiger partial charge in [-0.15, -0.1) is 4.98 Å². The van der Waals surface area contributed by atoms with Crippen LogP contribution in [0.3, 0.4) is 0 Å². The molecule has 3 aromatic rings. The molecule has 0 saturated carbocycles. The van der Waals surface area contributed by atoms with Gasteiger partial charge in [0.25, 0.3) is 5.56 Å². The number of hydrogen-bond acceptors (Lipinski definition) is 4. The highest BCUT2D eigenvalue weighted by Gasteiger charge is 2.11. The van der Waals surface area contributed by atoms with E-state index >= 15 is 0 Å². The molecule has 2 aromatic carbocycles. The first-order chi connectivity index (χ1) is 10.0. The van der Waals surface area contributed by atoms with Crippen LogP contribution in [-0.4, -0.2) is 4.98 Å². The van der Waals surface area contributed by atoms with Crippen LogP contribution in [-0.2, 0) is 0 Å². The van der Waals surface area contributed by atoms with Gasteiger partial charge < -0.3 is 9.15 Å². The van der Waals surface area contributed by atoms with Gasteiger partial charge in [0.2, 0.25) is 0 Å². The molecule has 0 amide bonds. The van der Waals surface area contributed by atoms with Gasteiger partial charge in [-0.3, -0.25) is 4.79 Å². The summed E-state index contributed by atoms with van der Waals surface area (Å²) in [5.41, 5.74) is -0.199. The normalized spacial score (nSPS) is 10.8. The van der Waals surface area contributed by atoms with Gasteiger partial charge in [-0.1, -0.05) is 34.8 Å². The maximum Gasteiger partial charge on any atom is 0.403 e. The standard InChI is InChI=1S/C14H6Cl3NO3/c15-7-2-4-11(10(17)5-7)20-14-18-13(19)9-3-1-8(16)6-12(9)21-14/h1-6H. The van der Waals surface area contributed by atoms with Crippen LogP contribution in [0.25, 0.3) is 11.0 Å². The molecule has 0 radical (unpaired) electrons. The van der Waals surface area contributed by atoms with E-state index in [-0.39, 0.29) is 22.4 Å². The van der Waals surface area contributed by atoms with E-state index in [0.29, 0.717) is 15.4 Å². The highest BCUT2D eigenvalue weighted by molar-refractivity contribution is 6.35. The molecule has 4 nitrogen and oxygen atoms in total. The largest absolute Gasteiger partial charge is 0.410 e. The highest BCUT2D eigenvalue weighted by Crippen LogP contribution is 2.31. The van der Waals surface area contributed by atoms with Gasteiger partial charge in [0.15, 0.2) is 5.75 Å². The van der Waals surface area contributed by atoms with E-state index < -0.39 is 5.56 Å². The molecule has 0 bridgehead atoms. The van der Waals surface area contributed by atoms with Gasteiger partial charge in [0.1, 0.15) is 5.58 Å². The maximum atomic E-state index is 11.9. The highest BCUT2D eigenvalue weighted by atomic mass is 35.5. The molecule has 0 N–H and O–H groups in total. The molecule has 1 aromatic heterocycles. The first-order valence-corrected chi connectivity index (χ1v) is 6.89. The van der Waals surface area contributed by atoms with Crippen molar-refractivity contribution in [3.8, 4) is 11.8 Å². The molecule has 0 spiro atoms. The second kappa shape index (κ2) is 5.56. The molecule has 7 heteroatoms. The number of ether oxygens (including phenoxy) is 1. The van der Waals surface area contributed by atoms with Gasteiger partial charge in [-0.05, 0) is 30.3 Å². The molecule has 3 rings (SSSR count). The third-order valence-electron chi connectivity index (χ3n) is 2.66. The van der Waals surface area contributed by atoms with Crippen LogP contribution in [0.2, 0.25) is 15.1 Å². The number of nitrogens with zero attached hydrogens (tertiary/aromatic N) is 1. The van der Waals surface area contributed by atoms with E-state index in [0.717, 1.165) is 0 Å². The lowest BCUT2D eigenvalue weighted by Crippen LogP contribution is -2.07. The molecule has 0 fully saturated rings. The van der Waals surface area contributed by atoms with Crippen LogP contribution in [0.5, 0.6) is 11.8 Å². The van der Waals surface area contributed by atoms with Gasteiger partial charge in [-0.2, -0.15) is 0 Å². The zero-order chi connectivity index (χ0) is 15.0. The Labute approximate surface area is 133 Å². The van der Waals surface area contributed by atoms with E-state index in [1.807, 2.05) is 0 Å². The zero-order valence-electron chi connectivity index (χ0n) is 10.3. The fourth-order valence-corrected chi connectivity index (χ4v) is 2.32. The van der Waals surface area contributed by atoms with Crippen molar-refractivity contribution < 1.29 is 9.15 Å². The predicted octanol–water partition coefficient (Wildman–Crippen LogP) is 4.94. The number of benzene rings is 2. The topological polar surface area (TPSA) is 52.3 Å². The Morgan fingerprint density at radius 3 is 2.48 bits per heavy atom. The third-order valence-corrected chi connectivity index (χ3v) is 3.42. The first kappa shape index (κ1) is 14.2. The molecule has 1 heterocycles. The lowest BCUT2D eigenvalue weighted by Gasteiger charge is -2.06. The Morgan fingerprint density at radius 2 is 1.71 bits per heavy atom. The smallest absolute Gasteiger partial charge is 0.403 e. The number of aromatic nitrogens is 1. The number of fused-ring (bicyclic) bond motifs is 1. The summed E-state index contributed by atoms with van der Waals surface area (Å²) in [6, 6.07) is 9.28. The Morgan fingerprint density at radius 1 is 1.00 bits per heavy atom. The predicted molar refractivity (Wildman–Crippen MR) is 81.8 cm³/mol. The van der Waals surface area contributed by atoms with Crippen molar-refractivity contribution in [1.29, 1.82) is 0 Å². The quantitative estimate of drug-likeness (QED) is 0.662. The van der Waals surface area contributed by atoms with Crippen molar-refractivity contribution >= 4 is 45.8 Å². The summed E-state index contributed by atoms with van der Waals surface area (Å²) in [6.07, 6.45) is -0.223. The maximum absolute atomic E-state index is 11.9. The molecule has 21 heavy (non-hydrogen) atoms. The average molecular weight is 343 g/mol. The lowest BCUT2D eigenvalue weighted by atomic mass is 10.2. The van der Waals surface area contributed by atoms with E-state index in [9.17, 15) is 4.79 Å². The molecular formula is C14H6Cl3NO3. The van der Waals surface area contributed by atoms with E-state index in [1.165, 1.54) is 18.2 Å². The van der Waals surface area contributed by atoms with Crippen molar-refractivity contribution in [2.24, 2.45) is 0 Å². The molecule has 0 aliphatic heterocycles. The minimum absolute atomic E-state index is 0.223. The van der Waals surface area contributed by atoms with Gasteiger partial charge in [0.05, 0.1) is 10.4 Å². The zero-order valence-corrected chi connectivity index (χ0v) is 12.5. The van der Waals surface area contributed by atoms with Gasteiger partial charge >= 0.3 is 6.08 Å². The number of halogens is 3. The van der Waals surface area contributed by atoms with Crippen LogP contribution in [0.15, 0.2) is 45.6 Å². The third kappa shape index (κ3) is 2.97. The Bertz CT molecular complexity index is 892. The molecule has 0 aliphatic carbocycles. The first-order valence-electron chi connectivity index (χ1n) is 5.76. The number of rotatable bonds is 2. The molecule has 0 unspecified atom stereocenters. The van der Waals surface area contributed by atoms with Crippen molar-refractivity contribution in [3.63, 3.8) is 0 Å². The Balaban J connectivity index is 2.06. The van der Waals surface area contributed by atoms with Gasteiger partial charge in [-0.25, -0.2) is 0 Å². The molecule has 0 atom stereocenters. The number of hydrogen-bond donors (Lipinski definition) is 0. The molecular weight excluding hydrogens is 337 g/mol. The van der Waals surface area contributed by atoms with Crippen LogP contribution in [0.1, 0.15) is 0 Å². The van der Waals surface area contributed by atoms with Crippen LogP contribution >= 0.6 is 34.8 Å². The van der Waals surface area contributed by atoms with Crippen LogP contribution < -0.4 is 10.3 Å². The van der Waals surface area contributed by atoms with Gasteiger partial charge in [0, 0.05) is 16.1 Å². The Kier molecular flexibility index (Phi) is 3.76. The molecule has 0 aliphatic rings. The molecule has 0 saturated heterocycles.